The zero-order valence-electron chi connectivity index (χ0n) is 12.0. The van der Waals surface area contributed by atoms with Gasteiger partial charge in [0.1, 0.15) is 0 Å². The Labute approximate surface area is 111 Å². The van der Waals surface area contributed by atoms with Gasteiger partial charge in [-0.15, -0.1) is 0 Å². The van der Waals surface area contributed by atoms with E-state index >= 15 is 0 Å². The van der Waals surface area contributed by atoms with Gasteiger partial charge in [-0.3, -0.25) is 0 Å². The summed E-state index contributed by atoms with van der Waals surface area (Å²) in [7, 11) is -1.13. The van der Waals surface area contributed by atoms with E-state index in [-0.39, 0.29) is 11.9 Å². The summed E-state index contributed by atoms with van der Waals surface area (Å²) in [4.78, 5) is 0. The Hall–Kier alpha value is -0.130. The summed E-state index contributed by atoms with van der Waals surface area (Å²) in [6.45, 7) is 5.51. The first kappa shape index (κ1) is 15.9. The molecule has 0 saturated heterocycles. The largest absolute Gasteiger partial charge is 0.376 e. The van der Waals surface area contributed by atoms with Crippen molar-refractivity contribution in [3.63, 3.8) is 0 Å². The van der Waals surface area contributed by atoms with E-state index in [0.29, 0.717) is 12.6 Å². The predicted molar refractivity (Wildman–Crippen MR) is 74.6 cm³/mol. The number of hydrogen-bond donors (Lipinski definition) is 1. The molecule has 0 radical (unpaired) electrons. The Bertz CT molecular complexity index is 346. The maximum absolute atomic E-state index is 11.9. The molecule has 2 atom stereocenters. The highest BCUT2D eigenvalue weighted by Crippen LogP contribution is 2.22. The van der Waals surface area contributed by atoms with Crippen LogP contribution in [0.1, 0.15) is 46.5 Å². The minimum absolute atomic E-state index is 0.115. The van der Waals surface area contributed by atoms with Crippen molar-refractivity contribution in [1.29, 1.82) is 0 Å². The van der Waals surface area contributed by atoms with Crippen LogP contribution in [0.25, 0.3) is 0 Å². The summed E-state index contributed by atoms with van der Waals surface area (Å²) in [5, 5.41) is 3.26. The lowest BCUT2D eigenvalue weighted by Crippen LogP contribution is -2.42. The van der Waals surface area contributed by atoms with E-state index in [1.807, 2.05) is 7.05 Å². The van der Waals surface area contributed by atoms with Crippen molar-refractivity contribution in [3.05, 3.63) is 0 Å². The molecule has 0 heterocycles. The molecule has 4 nitrogen and oxygen atoms in total. The lowest BCUT2D eigenvalue weighted by atomic mass is 9.92. The maximum Gasteiger partial charge on any atom is 0.157 e. The second-order valence-corrected chi connectivity index (χ2v) is 8.88. The van der Waals surface area contributed by atoms with E-state index in [0.717, 1.165) is 12.8 Å². The second kappa shape index (κ2) is 6.35. The van der Waals surface area contributed by atoms with Crippen molar-refractivity contribution in [2.75, 3.05) is 19.4 Å². The molecule has 1 fully saturated rings. The zero-order chi connectivity index (χ0) is 13.8. The van der Waals surface area contributed by atoms with Crippen molar-refractivity contribution in [2.24, 2.45) is 0 Å². The molecular formula is C13H27NO3S. The number of rotatable bonds is 5. The van der Waals surface area contributed by atoms with Crippen LogP contribution in [0.15, 0.2) is 0 Å². The molecule has 0 aliphatic heterocycles. The smallest absolute Gasteiger partial charge is 0.157 e. The van der Waals surface area contributed by atoms with Crippen molar-refractivity contribution in [2.45, 2.75) is 63.3 Å². The molecule has 0 bridgehead atoms. The van der Waals surface area contributed by atoms with Gasteiger partial charge in [-0.2, -0.15) is 0 Å². The van der Waals surface area contributed by atoms with Gasteiger partial charge in [0.15, 0.2) is 9.84 Å². The van der Waals surface area contributed by atoms with E-state index in [1.54, 1.807) is 20.8 Å². The van der Waals surface area contributed by atoms with Crippen LogP contribution in [0.3, 0.4) is 0 Å². The molecule has 0 spiro atoms. The van der Waals surface area contributed by atoms with Crippen molar-refractivity contribution in [1.82, 2.24) is 5.32 Å². The molecule has 1 N–H and O–H groups in total. The second-order valence-electron chi connectivity index (χ2n) is 6.02. The van der Waals surface area contributed by atoms with Crippen LogP contribution in [0, 0.1) is 0 Å². The Morgan fingerprint density at radius 2 is 1.83 bits per heavy atom. The molecule has 108 valence electrons. The monoisotopic (exact) mass is 277 g/mol. The average molecular weight is 277 g/mol. The molecule has 2 unspecified atom stereocenters. The van der Waals surface area contributed by atoms with Crippen molar-refractivity contribution >= 4 is 9.84 Å². The van der Waals surface area contributed by atoms with E-state index in [2.05, 4.69) is 5.32 Å². The third-order valence-electron chi connectivity index (χ3n) is 3.69. The average Bonchev–Trinajstić information content (AvgIpc) is 2.28. The topological polar surface area (TPSA) is 55.4 Å². The maximum atomic E-state index is 11.9. The summed E-state index contributed by atoms with van der Waals surface area (Å²) in [5.74, 6) is 0.115. The molecule has 18 heavy (non-hydrogen) atoms. The van der Waals surface area contributed by atoms with Gasteiger partial charge in [-0.25, -0.2) is 8.42 Å². The Morgan fingerprint density at radius 1 is 1.22 bits per heavy atom. The van der Waals surface area contributed by atoms with Crippen molar-refractivity contribution in [3.8, 4) is 0 Å². The van der Waals surface area contributed by atoms with Crippen molar-refractivity contribution < 1.29 is 13.2 Å². The van der Waals surface area contributed by atoms with Crippen LogP contribution in [-0.4, -0.2) is 44.7 Å². The summed E-state index contributed by atoms with van der Waals surface area (Å²) < 4.78 is 29.0. The molecule has 1 aliphatic rings. The highest BCUT2D eigenvalue weighted by atomic mass is 32.2. The van der Waals surface area contributed by atoms with Crippen LogP contribution >= 0.6 is 0 Å². The zero-order valence-corrected chi connectivity index (χ0v) is 12.8. The molecule has 0 amide bonds. The fourth-order valence-electron chi connectivity index (χ4n) is 2.24. The highest BCUT2D eigenvalue weighted by molar-refractivity contribution is 7.92. The highest BCUT2D eigenvalue weighted by Gasteiger charge is 2.30. The van der Waals surface area contributed by atoms with Crippen LogP contribution in [-0.2, 0) is 14.6 Å². The normalized spacial score (nSPS) is 26.2. The number of nitrogens with one attached hydrogen (secondary N) is 1. The SMILES string of the molecule is CNC1CCCCC1OCCS(=O)(=O)C(C)(C)C. The van der Waals surface area contributed by atoms with Crippen LogP contribution in [0.4, 0.5) is 0 Å². The fraction of sp³-hybridized carbons (Fsp3) is 1.00. The first-order valence-corrected chi connectivity index (χ1v) is 8.44. The van der Waals surface area contributed by atoms with Gasteiger partial charge in [-0.05, 0) is 40.7 Å². The van der Waals surface area contributed by atoms with E-state index in [1.165, 1.54) is 12.8 Å². The molecule has 0 aromatic heterocycles. The van der Waals surface area contributed by atoms with Gasteiger partial charge < -0.3 is 10.1 Å². The standard InChI is InChI=1S/C13H27NO3S/c1-13(2,3)18(15,16)10-9-17-12-8-6-5-7-11(12)14-4/h11-12,14H,5-10H2,1-4H3. The predicted octanol–water partition coefficient (Wildman–Crippen LogP) is 1.75. The molecule has 0 aromatic rings. The van der Waals surface area contributed by atoms with Gasteiger partial charge in [0.25, 0.3) is 0 Å². The number of sulfone groups is 1. The van der Waals surface area contributed by atoms with Gasteiger partial charge in [0, 0.05) is 6.04 Å². The van der Waals surface area contributed by atoms with E-state index in [9.17, 15) is 8.42 Å². The van der Waals surface area contributed by atoms with E-state index < -0.39 is 14.6 Å². The van der Waals surface area contributed by atoms with Crippen LogP contribution in [0.2, 0.25) is 0 Å². The molecule has 5 heteroatoms. The lowest BCUT2D eigenvalue weighted by Gasteiger charge is -2.31. The molecular weight excluding hydrogens is 250 g/mol. The summed E-state index contributed by atoms with van der Waals surface area (Å²) >= 11 is 0. The quantitative estimate of drug-likeness (QED) is 0.832. The van der Waals surface area contributed by atoms with Crippen LogP contribution in [0.5, 0.6) is 0 Å². The minimum Gasteiger partial charge on any atom is -0.376 e. The Morgan fingerprint density at radius 3 is 2.39 bits per heavy atom. The Kier molecular flexibility index (Phi) is 5.62. The molecule has 1 rings (SSSR count). The summed E-state index contributed by atoms with van der Waals surface area (Å²) in [5.41, 5.74) is 0. The van der Waals surface area contributed by atoms with Gasteiger partial charge in [-0.1, -0.05) is 12.8 Å². The fourth-order valence-corrected chi connectivity index (χ4v) is 3.17. The van der Waals surface area contributed by atoms with Gasteiger partial charge in [0.2, 0.25) is 0 Å². The van der Waals surface area contributed by atoms with Crippen LogP contribution < -0.4 is 5.32 Å². The van der Waals surface area contributed by atoms with Gasteiger partial charge >= 0.3 is 0 Å². The number of likely N-dealkylation sites (N-methyl/N-ethyl adjacent to an activating group) is 1. The molecule has 1 saturated carbocycles. The van der Waals surface area contributed by atoms with E-state index in [4.69, 9.17) is 4.74 Å². The third-order valence-corrected chi connectivity index (χ3v) is 6.26. The molecule has 0 aromatic carbocycles. The molecule has 1 aliphatic carbocycles. The third kappa shape index (κ3) is 4.21. The lowest BCUT2D eigenvalue weighted by molar-refractivity contribution is 0.0153. The summed E-state index contributed by atoms with van der Waals surface area (Å²) in [6.07, 6.45) is 4.72. The Balaban J connectivity index is 2.41. The van der Waals surface area contributed by atoms with Gasteiger partial charge in [0.05, 0.1) is 23.2 Å². The number of ether oxygens (including phenoxy) is 1. The number of hydrogen-bond acceptors (Lipinski definition) is 4. The summed E-state index contributed by atoms with van der Waals surface area (Å²) in [6, 6.07) is 0.371. The first-order valence-electron chi connectivity index (χ1n) is 6.79. The minimum atomic E-state index is -3.07. The first-order chi connectivity index (χ1) is 8.28.